The van der Waals surface area contributed by atoms with E-state index in [1.807, 2.05) is 5.92 Å². The molecular formula is C21H16F3N3O. The lowest BCUT2D eigenvalue weighted by Crippen LogP contribution is -2.13. The van der Waals surface area contributed by atoms with Crippen molar-refractivity contribution in [3.63, 3.8) is 0 Å². The van der Waals surface area contributed by atoms with Crippen LogP contribution < -0.4 is 5.32 Å². The average molecular weight is 383 g/mol. The lowest BCUT2D eigenvalue weighted by molar-refractivity contribution is 0.0889. The molecule has 7 heteroatoms. The van der Waals surface area contributed by atoms with Crippen molar-refractivity contribution in [2.75, 3.05) is 5.32 Å². The van der Waals surface area contributed by atoms with Crippen LogP contribution in [0.1, 0.15) is 22.8 Å². The van der Waals surface area contributed by atoms with E-state index in [0.29, 0.717) is 16.8 Å². The smallest absolute Gasteiger partial charge is 0.305 e. The summed E-state index contributed by atoms with van der Waals surface area (Å²) < 4.78 is 40.6. The first-order valence-electron chi connectivity index (χ1n) is 8.34. The number of para-hydroxylation sites is 1. The number of anilines is 1. The van der Waals surface area contributed by atoms with Crippen LogP contribution in [0.5, 0.6) is 0 Å². The van der Waals surface area contributed by atoms with Crippen LogP contribution >= 0.6 is 0 Å². The maximum atomic E-state index is 13.7. The molecule has 0 aliphatic heterocycles. The molecule has 1 amide bonds. The number of nitrogens with zero attached hydrogens (tertiary/aromatic N) is 2. The third-order valence-corrected chi connectivity index (χ3v) is 3.83. The van der Waals surface area contributed by atoms with Crippen LogP contribution in [-0.2, 0) is 7.05 Å². The number of benzene rings is 2. The van der Waals surface area contributed by atoms with Crippen LogP contribution in [0.4, 0.5) is 18.9 Å². The van der Waals surface area contributed by atoms with E-state index in [2.05, 4.69) is 16.3 Å². The molecule has 0 saturated carbocycles. The van der Waals surface area contributed by atoms with Gasteiger partial charge in [0.25, 0.3) is 5.91 Å². The lowest BCUT2D eigenvalue weighted by Gasteiger charge is -2.11. The van der Waals surface area contributed by atoms with E-state index in [1.54, 1.807) is 48.5 Å². The zero-order valence-corrected chi connectivity index (χ0v) is 15.1. The van der Waals surface area contributed by atoms with Crippen molar-refractivity contribution < 1.29 is 18.0 Å². The average Bonchev–Trinajstić information content (AvgIpc) is 2.99. The van der Waals surface area contributed by atoms with Crippen molar-refractivity contribution >= 4 is 11.6 Å². The molecule has 1 heterocycles. The van der Waals surface area contributed by atoms with Crippen LogP contribution in [0.25, 0.3) is 11.1 Å². The lowest BCUT2D eigenvalue weighted by atomic mass is 10.0. The van der Waals surface area contributed by atoms with Crippen LogP contribution in [0.2, 0.25) is 0 Å². The molecule has 0 atom stereocenters. The minimum atomic E-state index is -3.06. The zero-order valence-electron chi connectivity index (χ0n) is 15.1. The maximum Gasteiger partial charge on any atom is 0.305 e. The van der Waals surface area contributed by atoms with E-state index in [4.69, 9.17) is 0 Å². The van der Waals surface area contributed by atoms with Gasteiger partial charge in [-0.15, -0.1) is 5.10 Å². The molecule has 4 nitrogen and oxygen atoms in total. The Balaban J connectivity index is 1.87. The molecular weight excluding hydrogens is 367 g/mol. The van der Waals surface area contributed by atoms with Gasteiger partial charge in [-0.1, -0.05) is 36.3 Å². The molecule has 0 aliphatic carbocycles. The highest BCUT2D eigenvalue weighted by Gasteiger charge is 2.17. The Morgan fingerprint density at radius 3 is 2.43 bits per heavy atom. The summed E-state index contributed by atoms with van der Waals surface area (Å²) in [6.45, 7) is 0.735. The molecule has 0 bridgehead atoms. The van der Waals surface area contributed by atoms with E-state index in [-0.39, 0.29) is 5.56 Å². The number of nitrogens with one attached hydrogen (secondary N) is 1. The summed E-state index contributed by atoms with van der Waals surface area (Å²) in [5.41, 5.74) is 2.21. The normalized spacial score (nSPS) is 10.9. The summed E-state index contributed by atoms with van der Waals surface area (Å²) in [6, 6.07) is 13.7. The van der Waals surface area contributed by atoms with Crippen molar-refractivity contribution in [2.45, 2.75) is 12.8 Å². The van der Waals surface area contributed by atoms with Gasteiger partial charge in [0.15, 0.2) is 0 Å². The molecule has 0 fully saturated rings. The number of rotatable bonds is 3. The molecule has 0 radical (unpaired) electrons. The van der Waals surface area contributed by atoms with E-state index in [9.17, 15) is 18.0 Å². The molecule has 2 aromatic carbocycles. The number of hydrogen-bond acceptors (Lipinski definition) is 2. The van der Waals surface area contributed by atoms with E-state index in [1.165, 1.54) is 17.9 Å². The van der Waals surface area contributed by atoms with Crippen molar-refractivity contribution in [1.82, 2.24) is 9.78 Å². The predicted octanol–water partition coefficient (Wildman–Crippen LogP) is 4.49. The highest BCUT2D eigenvalue weighted by molar-refractivity contribution is 6.06. The molecule has 0 saturated heterocycles. The second kappa shape index (κ2) is 7.61. The topological polar surface area (TPSA) is 46.9 Å². The largest absolute Gasteiger partial charge is 0.321 e. The van der Waals surface area contributed by atoms with Crippen LogP contribution in [0.15, 0.2) is 54.7 Å². The van der Waals surface area contributed by atoms with Gasteiger partial charge in [-0.2, -0.15) is 13.2 Å². The van der Waals surface area contributed by atoms with E-state index >= 15 is 0 Å². The Bertz CT molecular complexity index is 1070. The fourth-order valence-corrected chi connectivity index (χ4v) is 2.56. The van der Waals surface area contributed by atoms with Gasteiger partial charge in [0.05, 0.1) is 0 Å². The molecule has 0 spiro atoms. The number of aromatic nitrogens is 2. The summed E-state index contributed by atoms with van der Waals surface area (Å²) in [6.07, 6.45) is 1.30. The monoisotopic (exact) mass is 383 g/mol. The van der Waals surface area contributed by atoms with Gasteiger partial charge in [-0.3, -0.25) is 9.48 Å². The summed E-state index contributed by atoms with van der Waals surface area (Å²) in [5.74, 6) is -0.236. The molecule has 3 rings (SSSR count). The van der Waals surface area contributed by atoms with Crippen molar-refractivity contribution in [2.24, 2.45) is 7.05 Å². The Kier molecular flexibility index (Phi) is 5.23. The van der Waals surface area contributed by atoms with Crippen LogP contribution in [-0.4, -0.2) is 21.6 Å². The van der Waals surface area contributed by atoms with Crippen molar-refractivity contribution in [3.8, 4) is 23.0 Å². The van der Waals surface area contributed by atoms with E-state index in [0.717, 1.165) is 12.5 Å². The second-order valence-corrected chi connectivity index (χ2v) is 6.22. The fraction of sp³-hybridized carbons (Fsp3) is 0.143. The number of aryl methyl sites for hydroxylation is 1. The van der Waals surface area contributed by atoms with Gasteiger partial charge < -0.3 is 5.32 Å². The summed E-state index contributed by atoms with van der Waals surface area (Å²) in [7, 11) is 1.52. The molecule has 1 aromatic heterocycles. The predicted molar refractivity (Wildman–Crippen MR) is 100 cm³/mol. The summed E-state index contributed by atoms with van der Waals surface area (Å²) in [5, 5.41) is 6.20. The number of carbonyl (C=O) groups is 1. The maximum absolute atomic E-state index is 13.7. The number of carbonyl (C=O) groups excluding carboxylic acids is 1. The van der Waals surface area contributed by atoms with Crippen molar-refractivity contribution in [1.29, 1.82) is 0 Å². The first kappa shape index (κ1) is 19.2. The number of halogens is 3. The Labute approximate surface area is 160 Å². The Morgan fingerprint density at radius 2 is 1.82 bits per heavy atom. The third kappa shape index (κ3) is 4.60. The van der Waals surface area contributed by atoms with Gasteiger partial charge in [0.2, 0.25) is 5.95 Å². The Hall–Kier alpha value is -3.53. The minimum absolute atomic E-state index is 0.164. The van der Waals surface area contributed by atoms with E-state index < -0.39 is 17.8 Å². The third-order valence-electron chi connectivity index (χ3n) is 3.83. The summed E-state index contributed by atoms with van der Waals surface area (Å²) in [4.78, 5) is 12.4. The van der Waals surface area contributed by atoms with Crippen LogP contribution in [0, 0.1) is 17.8 Å². The van der Waals surface area contributed by atoms with Gasteiger partial charge in [-0.05, 0) is 29.7 Å². The molecule has 3 aromatic rings. The zero-order chi connectivity index (χ0) is 20.3. The highest BCUT2D eigenvalue weighted by Crippen LogP contribution is 2.28. The fourth-order valence-electron chi connectivity index (χ4n) is 2.56. The second-order valence-electron chi connectivity index (χ2n) is 6.22. The molecule has 1 N–H and O–H groups in total. The molecule has 142 valence electrons. The first-order valence-corrected chi connectivity index (χ1v) is 8.34. The van der Waals surface area contributed by atoms with Gasteiger partial charge in [0, 0.05) is 37.0 Å². The van der Waals surface area contributed by atoms with Gasteiger partial charge in [0.1, 0.15) is 5.56 Å². The number of alkyl halides is 2. The SMILES string of the molecule is Cn1cc(C(=O)Nc2ccccc2-c2ccc(C#CC(C)(F)F)cc2)c(F)n1. The molecule has 0 unspecified atom stereocenters. The summed E-state index contributed by atoms with van der Waals surface area (Å²) >= 11 is 0. The molecule has 0 aliphatic rings. The standard InChI is InChI=1S/C21H16F3N3O/c1-21(23,24)12-11-14-7-9-15(10-8-14)16-5-3-4-6-18(16)25-20(28)17-13-27(2)26-19(17)22/h3-10,13H,1-2H3,(H,25,28). The number of amides is 1. The minimum Gasteiger partial charge on any atom is -0.321 e. The Morgan fingerprint density at radius 1 is 1.14 bits per heavy atom. The van der Waals surface area contributed by atoms with Crippen molar-refractivity contribution in [3.05, 3.63) is 71.8 Å². The van der Waals surface area contributed by atoms with Gasteiger partial charge >= 0.3 is 5.92 Å². The first-order chi connectivity index (χ1) is 13.2. The van der Waals surface area contributed by atoms with Gasteiger partial charge in [-0.25, -0.2) is 0 Å². The molecule has 28 heavy (non-hydrogen) atoms. The number of hydrogen-bond donors (Lipinski definition) is 1. The quantitative estimate of drug-likeness (QED) is 0.678. The highest BCUT2D eigenvalue weighted by atomic mass is 19.3. The van der Waals surface area contributed by atoms with Crippen LogP contribution in [0.3, 0.4) is 0 Å².